The summed E-state index contributed by atoms with van der Waals surface area (Å²) in [4.78, 5) is 0. The molecule has 3 rings (SSSR count). The molecular weight excluding hydrogens is 386 g/mol. The summed E-state index contributed by atoms with van der Waals surface area (Å²) in [5, 5.41) is 50.9. The van der Waals surface area contributed by atoms with Crippen LogP contribution in [-0.4, -0.2) is 38.5 Å². The van der Waals surface area contributed by atoms with Gasteiger partial charge in [-0.05, 0) is 53.6 Å². The normalized spacial score (nSPS) is 11.7. The minimum atomic E-state index is -0.304. The Labute approximate surface area is 173 Å². The van der Waals surface area contributed by atoms with Gasteiger partial charge in [0, 0.05) is 5.56 Å². The molecule has 154 valence electrons. The van der Waals surface area contributed by atoms with Gasteiger partial charge in [-0.15, -0.1) is 0 Å². The first kappa shape index (κ1) is 20.6. The molecule has 0 saturated heterocycles. The van der Waals surface area contributed by atoms with Crippen molar-refractivity contribution in [2.45, 2.75) is 6.54 Å². The molecule has 3 aromatic carbocycles. The summed E-state index contributed by atoms with van der Waals surface area (Å²) in [5.41, 5.74) is 2.40. The zero-order valence-electron chi connectivity index (χ0n) is 16.2. The zero-order chi connectivity index (χ0) is 21.7. The summed E-state index contributed by atoms with van der Waals surface area (Å²) in [6.07, 6.45) is 4.86. The van der Waals surface area contributed by atoms with Crippen LogP contribution in [0.5, 0.6) is 28.7 Å². The SMILES string of the molecule is COc1cc(C=Cc2ccc(O)c(C=[N+]([O-])Cc3ccc(O)c(O)c3)c2)ccc1O. The average Bonchev–Trinajstić information content (AvgIpc) is 2.72. The van der Waals surface area contributed by atoms with E-state index in [0.29, 0.717) is 21.6 Å². The van der Waals surface area contributed by atoms with Crippen molar-refractivity contribution in [2.24, 2.45) is 0 Å². The average molecular weight is 407 g/mol. The van der Waals surface area contributed by atoms with Crippen molar-refractivity contribution in [3.63, 3.8) is 0 Å². The Morgan fingerprint density at radius 3 is 2.10 bits per heavy atom. The maximum Gasteiger partial charge on any atom is 0.185 e. The Bertz CT molecular complexity index is 1120. The fourth-order valence-corrected chi connectivity index (χ4v) is 2.82. The fraction of sp³-hybridized carbons (Fsp3) is 0.0870. The number of methoxy groups -OCH3 is 1. The predicted octanol–water partition coefficient (Wildman–Crippen LogP) is 3.82. The van der Waals surface area contributed by atoms with E-state index in [0.717, 1.165) is 11.1 Å². The lowest BCUT2D eigenvalue weighted by Gasteiger charge is -2.07. The molecule has 0 aliphatic rings. The second-order valence-electron chi connectivity index (χ2n) is 6.61. The van der Waals surface area contributed by atoms with Crippen LogP contribution in [0.1, 0.15) is 22.3 Å². The molecule has 0 heterocycles. The highest BCUT2D eigenvalue weighted by Crippen LogP contribution is 2.28. The van der Waals surface area contributed by atoms with Crippen LogP contribution in [0.2, 0.25) is 0 Å². The van der Waals surface area contributed by atoms with Gasteiger partial charge in [0.05, 0.1) is 12.7 Å². The van der Waals surface area contributed by atoms with Gasteiger partial charge in [-0.3, -0.25) is 0 Å². The molecule has 0 unspecified atom stereocenters. The van der Waals surface area contributed by atoms with Gasteiger partial charge in [0.2, 0.25) is 0 Å². The number of hydroxylamine groups is 1. The molecule has 7 nitrogen and oxygen atoms in total. The molecule has 0 spiro atoms. The third-order valence-electron chi connectivity index (χ3n) is 4.38. The molecule has 0 aromatic heterocycles. The van der Waals surface area contributed by atoms with Gasteiger partial charge in [0.25, 0.3) is 0 Å². The van der Waals surface area contributed by atoms with Crippen LogP contribution in [0.3, 0.4) is 0 Å². The van der Waals surface area contributed by atoms with Gasteiger partial charge in [-0.1, -0.05) is 24.3 Å². The minimum Gasteiger partial charge on any atom is -0.624 e. The van der Waals surface area contributed by atoms with E-state index < -0.39 is 0 Å². The molecule has 0 saturated carbocycles. The molecule has 0 fully saturated rings. The maximum atomic E-state index is 12.3. The molecule has 0 aliphatic heterocycles. The lowest BCUT2D eigenvalue weighted by Crippen LogP contribution is -2.06. The Hall–Kier alpha value is -4.13. The number of hydrogen-bond acceptors (Lipinski definition) is 6. The third-order valence-corrected chi connectivity index (χ3v) is 4.38. The highest BCUT2D eigenvalue weighted by molar-refractivity contribution is 5.82. The molecule has 0 radical (unpaired) electrons. The van der Waals surface area contributed by atoms with Crippen molar-refractivity contribution in [1.82, 2.24) is 0 Å². The number of phenolic OH excluding ortho intramolecular Hbond substituents is 4. The van der Waals surface area contributed by atoms with Crippen LogP contribution < -0.4 is 4.74 Å². The molecule has 7 heteroatoms. The number of phenols is 4. The van der Waals surface area contributed by atoms with Crippen LogP contribution in [0.25, 0.3) is 12.2 Å². The lowest BCUT2D eigenvalue weighted by atomic mass is 10.1. The maximum absolute atomic E-state index is 12.3. The summed E-state index contributed by atoms with van der Waals surface area (Å²) in [7, 11) is 1.47. The smallest absolute Gasteiger partial charge is 0.185 e. The van der Waals surface area contributed by atoms with Crippen molar-refractivity contribution < 1.29 is 29.9 Å². The Morgan fingerprint density at radius 2 is 1.43 bits per heavy atom. The van der Waals surface area contributed by atoms with Crippen molar-refractivity contribution in [1.29, 1.82) is 0 Å². The number of aromatic hydroxyl groups is 4. The summed E-state index contributed by atoms with van der Waals surface area (Å²) < 4.78 is 5.71. The number of ether oxygens (including phenoxy) is 1. The lowest BCUT2D eigenvalue weighted by molar-refractivity contribution is -0.469. The first-order valence-corrected chi connectivity index (χ1v) is 9.03. The number of hydrogen-bond donors (Lipinski definition) is 4. The number of nitrogens with zero attached hydrogens (tertiary/aromatic N) is 1. The first-order valence-electron chi connectivity index (χ1n) is 9.03. The second kappa shape index (κ2) is 8.91. The van der Waals surface area contributed by atoms with Crippen molar-refractivity contribution in [3.8, 4) is 28.7 Å². The Morgan fingerprint density at radius 1 is 0.800 bits per heavy atom. The van der Waals surface area contributed by atoms with Crippen molar-refractivity contribution in [3.05, 3.63) is 82.1 Å². The van der Waals surface area contributed by atoms with Crippen LogP contribution in [0, 0.1) is 5.21 Å². The Balaban J connectivity index is 1.80. The van der Waals surface area contributed by atoms with Crippen LogP contribution >= 0.6 is 0 Å². The van der Waals surface area contributed by atoms with E-state index in [9.17, 15) is 25.6 Å². The van der Waals surface area contributed by atoms with Gasteiger partial charge in [0.15, 0.2) is 35.8 Å². The Kier molecular flexibility index (Phi) is 6.12. The highest BCUT2D eigenvalue weighted by Gasteiger charge is 2.07. The molecule has 0 bridgehead atoms. The van der Waals surface area contributed by atoms with Gasteiger partial charge in [-0.2, -0.15) is 0 Å². The van der Waals surface area contributed by atoms with Gasteiger partial charge >= 0.3 is 0 Å². The summed E-state index contributed by atoms with van der Waals surface area (Å²) in [6.45, 7) is -0.0688. The molecule has 0 atom stereocenters. The second-order valence-corrected chi connectivity index (χ2v) is 6.61. The highest BCUT2D eigenvalue weighted by atomic mass is 16.5. The quantitative estimate of drug-likeness (QED) is 0.123. The van der Waals surface area contributed by atoms with Gasteiger partial charge in [0.1, 0.15) is 5.75 Å². The van der Waals surface area contributed by atoms with E-state index in [4.69, 9.17) is 4.74 Å². The molecular formula is C23H21NO6. The van der Waals surface area contributed by atoms with Crippen LogP contribution in [0.4, 0.5) is 0 Å². The summed E-state index contributed by atoms with van der Waals surface area (Å²) in [6, 6.07) is 13.9. The van der Waals surface area contributed by atoms with E-state index in [1.54, 1.807) is 30.3 Å². The van der Waals surface area contributed by atoms with Crippen molar-refractivity contribution in [2.75, 3.05) is 7.11 Å². The number of benzene rings is 3. The zero-order valence-corrected chi connectivity index (χ0v) is 16.2. The van der Waals surface area contributed by atoms with E-state index in [1.807, 2.05) is 6.08 Å². The number of rotatable bonds is 6. The topological polar surface area (TPSA) is 116 Å². The van der Waals surface area contributed by atoms with Gasteiger partial charge in [-0.25, -0.2) is 4.74 Å². The summed E-state index contributed by atoms with van der Waals surface area (Å²) in [5.74, 6) is -0.203. The van der Waals surface area contributed by atoms with E-state index in [-0.39, 0.29) is 29.5 Å². The largest absolute Gasteiger partial charge is 0.624 e. The molecule has 3 aromatic rings. The molecule has 0 aliphatic carbocycles. The van der Waals surface area contributed by atoms with Crippen molar-refractivity contribution >= 4 is 18.4 Å². The van der Waals surface area contributed by atoms with Gasteiger partial charge < -0.3 is 30.4 Å². The minimum absolute atomic E-state index is 0.0483. The third kappa shape index (κ3) is 5.02. The van der Waals surface area contributed by atoms with E-state index in [1.165, 1.54) is 43.7 Å². The first-order chi connectivity index (χ1) is 14.4. The molecule has 4 N–H and O–H groups in total. The van der Waals surface area contributed by atoms with E-state index >= 15 is 0 Å². The van der Waals surface area contributed by atoms with E-state index in [2.05, 4.69) is 0 Å². The van der Waals surface area contributed by atoms with Crippen LogP contribution in [-0.2, 0) is 6.54 Å². The standard InChI is InChI=1S/C23H21NO6/c1-30-23-12-16(5-9-21(23)27)3-2-15-4-7-19(25)18(10-15)14-24(29)13-17-6-8-20(26)22(28)11-17/h2-12,14,25-28H,13H2,1H3. The molecule has 30 heavy (non-hydrogen) atoms. The monoisotopic (exact) mass is 407 g/mol. The molecule has 0 amide bonds. The fourth-order valence-electron chi connectivity index (χ4n) is 2.82. The summed E-state index contributed by atoms with van der Waals surface area (Å²) >= 11 is 0. The van der Waals surface area contributed by atoms with Crippen LogP contribution in [0.15, 0.2) is 54.6 Å². The predicted molar refractivity (Wildman–Crippen MR) is 114 cm³/mol.